The van der Waals surface area contributed by atoms with E-state index in [1.165, 1.54) is 5.57 Å². The lowest BCUT2D eigenvalue weighted by Gasteiger charge is -2.25. The molecule has 1 aliphatic rings. The number of aliphatic carboxylic acids is 1. The Labute approximate surface area is 98.1 Å². The molecule has 0 spiro atoms. The van der Waals surface area contributed by atoms with Crippen LogP contribution in [0.5, 0.6) is 0 Å². The van der Waals surface area contributed by atoms with Crippen molar-refractivity contribution in [2.75, 3.05) is 0 Å². The van der Waals surface area contributed by atoms with E-state index in [9.17, 15) is 4.79 Å². The summed E-state index contributed by atoms with van der Waals surface area (Å²) in [5.74, 6) is -0.0409. The molecule has 16 heavy (non-hydrogen) atoms. The van der Waals surface area contributed by atoms with E-state index < -0.39 is 5.97 Å². The van der Waals surface area contributed by atoms with E-state index >= 15 is 0 Å². The van der Waals surface area contributed by atoms with Crippen LogP contribution in [-0.2, 0) is 4.79 Å². The summed E-state index contributed by atoms with van der Waals surface area (Å²) in [5.41, 5.74) is 2.50. The van der Waals surface area contributed by atoms with Gasteiger partial charge in [-0.15, -0.1) is 0 Å². The maximum absolute atomic E-state index is 10.9. The van der Waals surface area contributed by atoms with E-state index in [1.54, 1.807) is 6.92 Å². The molecule has 2 atom stereocenters. The van der Waals surface area contributed by atoms with Crippen LogP contribution in [0.1, 0.15) is 40.5 Å². The number of carboxylic acid groups (broad SMARTS) is 1. The van der Waals surface area contributed by atoms with Crippen LogP contribution in [0.3, 0.4) is 0 Å². The average molecular weight is 222 g/mol. The second kappa shape index (κ2) is 5.33. The minimum Gasteiger partial charge on any atom is -0.481 e. The monoisotopic (exact) mass is 222 g/mol. The minimum atomic E-state index is -0.723. The largest absolute Gasteiger partial charge is 0.481 e. The first-order chi connectivity index (χ1) is 7.41. The van der Waals surface area contributed by atoms with Crippen LogP contribution in [0, 0.1) is 17.8 Å². The Morgan fingerprint density at radius 1 is 1.44 bits per heavy atom. The van der Waals surface area contributed by atoms with Crippen LogP contribution in [0.15, 0.2) is 23.3 Å². The zero-order valence-electron chi connectivity index (χ0n) is 10.7. The van der Waals surface area contributed by atoms with Crippen LogP contribution in [0.25, 0.3) is 0 Å². The van der Waals surface area contributed by atoms with Crippen molar-refractivity contribution < 1.29 is 9.90 Å². The highest BCUT2D eigenvalue weighted by Crippen LogP contribution is 2.32. The summed E-state index contributed by atoms with van der Waals surface area (Å²) in [4.78, 5) is 10.9. The van der Waals surface area contributed by atoms with Gasteiger partial charge in [-0.1, -0.05) is 44.1 Å². The molecular weight excluding hydrogens is 200 g/mol. The van der Waals surface area contributed by atoms with Crippen molar-refractivity contribution in [1.82, 2.24) is 0 Å². The van der Waals surface area contributed by atoms with Gasteiger partial charge in [-0.2, -0.15) is 0 Å². The molecule has 2 nitrogen and oxygen atoms in total. The van der Waals surface area contributed by atoms with Crippen molar-refractivity contribution in [2.24, 2.45) is 17.8 Å². The van der Waals surface area contributed by atoms with E-state index in [0.717, 1.165) is 18.4 Å². The molecule has 0 aliphatic heterocycles. The normalized spacial score (nSPS) is 22.7. The smallest absolute Gasteiger partial charge is 0.310 e. The molecule has 0 saturated heterocycles. The molecule has 0 heterocycles. The Kier molecular flexibility index (Phi) is 4.34. The molecular formula is C14H22O2. The summed E-state index contributed by atoms with van der Waals surface area (Å²) in [6.45, 7) is 8.32. The van der Waals surface area contributed by atoms with Gasteiger partial charge in [0.1, 0.15) is 0 Å². The first-order valence-corrected chi connectivity index (χ1v) is 6.04. The highest BCUT2D eigenvalue weighted by molar-refractivity contribution is 5.73. The predicted octanol–water partition coefficient (Wildman–Crippen LogP) is 3.65. The molecule has 1 unspecified atom stereocenters. The van der Waals surface area contributed by atoms with Gasteiger partial charge in [-0.25, -0.2) is 0 Å². The summed E-state index contributed by atoms with van der Waals surface area (Å²) in [7, 11) is 0. The van der Waals surface area contributed by atoms with Gasteiger partial charge < -0.3 is 5.11 Å². The minimum absolute atomic E-state index is 0.355. The van der Waals surface area contributed by atoms with Gasteiger partial charge in [0, 0.05) is 0 Å². The molecule has 0 amide bonds. The number of allylic oxidation sites excluding steroid dienone is 3. The van der Waals surface area contributed by atoms with Crippen molar-refractivity contribution in [2.45, 2.75) is 40.5 Å². The van der Waals surface area contributed by atoms with Crippen LogP contribution in [0.2, 0.25) is 0 Å². The first kappa shape index (κ1) is 13.0. The quantitative estimate of drug-likeness (QED) is 0.788. The molecule has 0 aromatic heterocycles. The third kappa shape index (κ3) is 3.22. The Hall–Kier alpha value is -1.05. The Balaban J connectivity index is 2.78. The number of hydrogen-bond donors (Lipinski definition) is 1. The third-order valence-corrected chi connectivity index (χ3v) is 3.19. The fraction of sp³-hybridized carbons (Fsp3) is 0.643. The van der Waals surface area contributed by atoms with Gasteiger partial charge >= 0.3 is 5.97 Å². The fourth-order valence-corrected chi connectivity index (χ4v) is 2.35. The molecule has 0 bridgehead atoms. The topological polar surface area (TPSA) is 37.3 Å². The molecule has 0 saturated carbocycles. The zero-order valence-corrected chi connectivity index (χ0v) is 10.7. The van der Waals surface area contributed by atoms with Gasteiger partial charge in [-0.3, -0.25) is 4.79 Å². The first-order valence-electron chi connectivity index (χ1n) is 6.04. The second-order valence-corrected chi connectivity index (χ2v) is 5.25. The SMILES string of the molecule is CC(C)CC1=CC=C([C@@H](C)C(=O)O)C(C)C1. The van der Waals surface area contributed by atoms with Crippen molar-refractivity contribution in [3.63, 3.8) is 0 Å². The lowest BCUT2D eigenvalue weighted by Crippen LogP contribution is -2.19. The fourth-order valence-electron chi connectivity index (χ4n) is 2.35. The van der Waals surface area contributed by atoms with Gasteiger partial charge in [-0.05, 0) is 31.6 Å². The summed E-state index contributed by atoms with van der Waals surface area (Å²) in [5, 5.41) is 9.00. The predicted molar refractivity (Wildman–Crippen MR) is 66.2 cm³/mol. The van der Waals surface area contributed by atoms with Crippen molar-refractivity contribution in [3.8, 4) is 0 Å². The van der Waals surface area contributed by atoms with Crippen LogP contribution in [0.4, 0.5) is 0 Å². The lowest BCUT2D eigenvalue weighted by atomic mass is 9.80. The number of carboxylic acids is 1. The number of carbonyl (C=O) groups is 1. The molecule has 0 radical (unpaired) electrons. The molecule has 0 aromatic rings. The van der Waals surface area contributed by atoms with E-state index in [0.29, 0.717) is 11.8 Å². The summed E-state index contributed by atoms with van der Waals surface area (Å²) >= 11 is 0. The lowest BCUT2D eigenvalue weighted by molar-refractivity contribution is -0.140. The number of hydrogen-bond acceptors (Lipinski definition) is 1. The molecule has 1 aliphatic carbocycles. The van der Waals surface area contributed by atoms with Gasteiger partial charge in [0.05, 0.1) is 5.92 Å². The van der Waals surface area contributed by atoms with E-state index in [1.807, 2.05) is 6.08 Å². The maximum Gasteiger partial charge on any atom is 0.310 e. The molecule has 2 heteroatoms. The number of rotatable bonds is 4. The van der Waals surface area contributed by atoms with Gasteiger partial charge in [0.15, 0.2) is 0 Å². The highest BCUT2D eigenvalue weighted by atomic mass is 16.4. The second-order valence-electron chi connectivity index (χ2n) is 5.25. The molecule has 90 valence electrons. The summed E-state index contributed by atoms with van der Waals surface area (Å²) < 4.78 is 0. The van der Waals surface area contributed by atoms with Gasteiger partial charge in [0.25, 0.3) is 0 Å². The average Bonchev–Trinajstić information content (AvgIpc) is 2.15. The molecule has 0 fully saturated rings. The third-order valence-electron chi connectivity index (χ3n) is 3.19. The van der Waals surface area contributed by atoms with Crippen LogP contribution in [-0.4, -0.2) is 11.1 Å². The summed E-state index contributed by atoms with van der Waals surface area (Å²) in [6.07, 6.45) is 6.27. The zero-order chi connectivity index (χ0) is 12.3. The molecule has 1 rings (SSSR count). The summed E-state index contributed by atoms with van der Waals surface area (Å²) in [6, 6.07) is 0. The van der Waals surface area contributed by atoms with E-state index in [2.05, 4.69) is 26.8 Å². The van der Waals surface area contributed by atoms with E-state index in [4.69, 9.17) is 5.11 Å². The van der Waals surface area contributed by atoms with Gasteiger partial charge in [0.2, 0.25) is 0 Å². The van der Waals surface area contributed by atoms with Crippen LogP contribution >= 0.6 is 0 Å². The maximum atomic E-state index is 10.9. The Morgan fingerprint density at radius 3 is 2.50 bits per heavy atom. The Bertz CT molecular complexity index is 324. The highest BCUT2D eigenvalue weighted by Gasteiger charge is 2.24. The van der Waals surface area contributed by atoms with Crippen molar-refractivity contribution in [3.05, 3.63) is 23.3 Å². The van der Waals surface area contributed by atoms with Crippen molar-refractivity contribution >= 4 is 5.97 Å². The van der Waals surface area contributed by atoms with Crippen molar-refractivity contribution in [1.29, 1.82) is 0 Å². The molecule has 1 N–H and O–H groups in total. The standard InChI is InChI=1S/C14H22O2/c1-9(2)7-12-5-6-13(10(3)8-12)11(4)14(15)16/h5-6,9-11H,7-8H2,1-4H3,(H,15,16)/t10?,11-/m1/s1. The molecule has 0 aromatic carbocycles. The van der Waals surface area contributed by atoms with E-state index in [-0.39, 0.29) is 5.92 Å². The Morgan fingerprint density at radius 2 is 2.06 bits per heavy atom. The van der Waals surface area contributed by atoms with Crippen LogP contribution < -0.4 is 0 Å².